The van der Waals surface area contributed by atoms with Crippen molar-refractivity contribution in [2.24, 2.45) is 5.92 Å². The van der Waals surface area contributed by atoms with Gasteiger partial charge in [-0.05, 0) is 25.8 Å². The summed E-state index contributed by atoms with van der Waals surface area (Å²) in [5.74, 6) is 1.01. The fourth-order valence-corrected chi connectivity index (χ4v) is 1.88. The van der Waals surface area contributed by atoms with Gasteiger partial charge in [0.2, 0.25) is 0 Å². The van der Waals surface area contributed by atoms with Crippen molar-refractivity contribution >= 4 is 5.78 Å². The smallest absolute Gasteiger partial charge is 0.155 e. The molecule has 0 aromatic carbocycles. The third-order valence-electron chi connectivity index (χ3n) is 2.41. The van der Waals surface area contributed by atoms with E-state index in [9.17, 15) is 4.79 Å². The molecule has 1 heteroatoms. The van der Waals surface area contributed by atoms with E-state index in [0.29, 0.717) is 11.7 Å². The van der Waals surface area contributed by atoms with Gasteiger partial charge in [-0.3, -0.25) is 4.79 Å². The molecule has 0 heterocycles. The molecule has 0 aromatic rings. The zero-order valence-corrected chi connectivity index (χ0v) is 8.10. The number of carbonyl (C=O) groups is 1. The second-order valence-corrected chi connectivity index (χ2v) is 4.04. The minimum absolute atomic E-state index is 0.321. The molecular weight excluding hydrogens is 148 g/mol. The van der Waals surface area contributed by atoms with Crippen molar-refractivity contribution in [1.29, 1.82) is 0 Å². The number of ketones is 1. The van der Waals surface area contributed by atoms with Crippen LogP contribution in [-0.4, -0.2) is 5.78 Å². The highest BCUT2D eigenvalue weighted by Gasteiger charge is 2.16. The summed E-state index contributed by atoms with van der Waals surface area (Å²) >= 11 is 0. The topological polar surface area (TPSA) is 17.1 Å². The lowest BCUT2D eigenvalue weighted by molar-refractivity contribution is -0.115. The van der Waals surface area contributed by atoms with Gasteiger partial charge in [-0.25, -0.2) is 0 Å². The van der Waals surface area contributed by atoms with Crippen LogP contribution >= 0.6 is 0 Å². The summed E-state index contributed by atoms with van der Waals surface area (Å²) in [6.45, 7) is 3.96. The fraction of sp³-hybridized carbons (Fsp3) is 0.727. The molecule has 1 aliphatic carbocycles. The Morgan fingerprint density at radius 2 is 1.92 bits per heavy atom. The monoisotopic (exact) mass is 166 g/mol. The molecule has 0 spiro atoms. The first-order chi connectivity index (χ1) is 5.68. The number of rotatable bonds is 3. The third kappa shape index (κ3) is 3.21. The second-order valence-electron chi connectivity index (χ2n) is 4.04. The Labute approximate surface area is 74.9 Å². The molecule has 0 amide bonds. The van der Waals surface area contributed by atoms with Crippen LogP contribution in [0.15, 0.2) is 11.6 Å². The van der Waals surface area contributed by atoms with Crippen LogP contribution in [0, 0.1) is 5.92 Å². The van der Waals surface area contributed by atoms with Gasteiger partial charge in [-0.2, -0.15) is 0 Å². The van der Waals surface area contributed by atoms with Gasteiger partial charge in [-0.15, -0.1) is 0 Å². The average Bonchev–Trinajstić information content (AvgIpc) is 2.37. The van der Waals surface area contributed by atoms with E-state index >= 15 is 0 Å². The number of carbonyl (C=O) groups excluding carboxylic acids is 1. The van der Waals surface area contributed by atoms with Gasteiger partial charge in [0.15, 0.2) is 5.78 Å². The molecule has 0 unspecified atom stereocenters. The molecule has 68 valence electrons. The van der Waals surface area contributed by atoms with Crippen molar-refractivity contribution in [2.75, 3.05) is 0 Å². The minimum Gasteiger partial charge on any atom is -0.295 e. The Bertz CT molecular complexity index is 181. The van der Waals surface area contributed by atoms with Gasteiger partial charge in [0.05, 0.1) is 0 Å². The Morgan fingerprint density at radius 1 is 1.33 bits per heavy atom. The van der Waals surface area contributed by atoms with E-state index in [-0.39, 0.29) is 0 Å². The van der Waals surface area contributed by atoms with Crippen LogP contribution in [-0.2, 0) is 4.79 Å². The molecule has 0 N–H and O–H groups in total. The number of allylic oxidation sites excluding steroid dienone is 2. The van der Waals surface area contributed by atoms with Crippen molar-refractivity contribution in [3.8, 4) is 0 Å². The van der Waals surface area contributed by atoms with E-state index in [1.54, 1.807) is 6.08 Å². The lowest BCUT2D eigenvalue weighted by Gasteiger charge is -2.04. The first kappa shape index (κ1) is 9.50. The van der Waals surface area contributed by atoms with Gasteiger partial charge in [0, 0.05) is 6.42 Å². The van der Waals surface area contributed by atoms with Crippen LogP contribution in [0.3, 0.4) is 0 Å². The molecule has 0 radical (unpaired) electrons. The largest absolute Gasteiger partial charge is 0.295 e. The maximum absolute atomic E-state index is 11.3. The number of hydrogen-bond donors (Lipinski definition) is 0. The summed E-state index contributed by atoms with van der Waals surface area (Å²) in [6, 6.07) is 0. The van der Waals surface area contributed by atoms with E-state index in [1.165, 1.54) is 25.7 Å². The molecule has 1 saturated carbocycles. The van der Waals surface area contributed by atoms with Gasteiger partial charge < -0.3 is 0 Å². The van der Waals surface area contributed by atoms with Crippen LogP contribution in [0.1, 0.15) is 46.0 Å². The van der Waals surface area contributed by atoms with Crippen LogP contribution < -0.4 is 0 Å². The maximum Gasteiger partial charge on any atom is 0.155 e. The van der Waals surface area contributed by atoms with Gasteiger partial charge in [-0.1, -0.05) is 31.3 Å². The highest BCUT2D eigenvalue weighted by atomic mass is 16.1. The Kier molecular flexibility index (Phi) is 3.51. The van der Waals surface area contributed by atoms with Crippen LogP contribution in [0.2, 0.25) is 0 Å². The summed E-state index contributed by atoms with van der Waals surface area (Å²) in [4.78, 5) is 11.3. The maximum atomic E-state index is 11.3. The highest BCUT2D eigenvalue weighted by Crippen LogP contribution is 2.27. The molecule has 12 heavy (non-hydrogen) atoms. The van der Waals surface area contributed by atoms with Gasteiger partial charge >= 0.3 is 0 Å². The van der Waals surface area contributed by atoms with Crippen molar-refractivity contribution in [1.82, 2.24) is 0 Å². The average molecular weight is 166 g/mol. The van der Waals surface area contributed by atoms with Crippen molar-refractivity contribution in [3.05, 3.63) is 11.6 Å². The third-order valence-corrected chi connectivity index (χ3v) is 2.41. The molecular formula is C11H18O. The Balaban J connectivity index is 2.30. The van der Waals surface area contributed by atoms with E-state index in [0.717, 1.165) is 12.0 Å². The normalized spacial score (nSPS) is 17.8. The summed E-state index contributed by atoms with van der Waals surface area (Å²) in [5, 5.41) is 0. The fourth-order valence-electron chi connectivity index (χ4n) is 1.88. The first-order valence-electron chi connectivity index (χ1n) is 4.86. The summed E-state index contributed by atoms with van der Waals surface area (Å²) < 4.78 is 0. The van der Waals surface area contributed by atoms with Gasteiger partial charge in [0.1, 0.15) is 0 Å². The highest BCUT2D eigenvalue weighted by molar-refractivity contribution is 5.90. The van der Waals surface area contributed by atoms with Crippen molar-refractivity contribution < 1.29 is 4.79 Å². The summed E-state index contributed by atoms with van der Waals surface area (Å²) in [6.07, 6.45) is 7.74. The predicted octanol–water partition coefficient (Wildman–Crippen LogP) is 3.10. The Morgan fingerprint density at radius 3 is 2.42 bits per heavy atom. The van der Waals surface area contributed by atoms with E-state index in [2.05, 4.69) is 0 Å². The summed E-state index contributed by atoms with van der Waals surface area (Å²) in [7, 11) is 0. The van der Waals surface area contributed by atoms with Crippen molar-refractivity contribution in [3.63, 3.8) is 0 Å². The lowest BCUT2D eigenvalue weighted by atomic mass is 10.0. The quantitative estimate of drug-likeness (QED) is 0.589. The minimum atomic E-state index is 0.321. The van der Waals surface area contributed by atoms with E-state index in [4.69, 9.17) is 0 Å². The summed E-state index contributed by atoms with van der Waals surface area (Å²) in [5.41, 5.74) is 1.12. The SMILES string of the molecule is CC(C)=CC(=O)CC1CCCC1. The lowest BCUT2D eigenvalue weighted by Crippen LogP contribution is -2.02. The van der Waals surface area contributed by atoms with Crippen LogP contribution in [0.25, 0.3) is 0 Å². The zero-order chi connectivity index (χ0) is 8.97. The molecule has 0 bridgehead atoms. The van der Waals surface area contributed by atoms with Gasteiger partial charge in [0.25, 0.3) is 0 Å². The molecule has 0 aliphatic heterocycles. The molecule has 1 nitrogen and oxygen atoms in total. The standard InChI is InChI=1S/C11H18O/c1-9(2)7-11(12)8-10-5-3-4-6-10/h7,10H,3-6,8H2,1-2H3. The van der Waals surface area contributed by atoms with E-state index < -0.39 is 0 Å². The second kappa shape index (κ2) is 4.44. The first-order valence-corrected chi connectivity index (χ1v) is 4.86. The zero-order valence-electron chi connectivity index (χ0n) is 8.10. The van der Waals surface area contributed by atoms with E-state index in [1.807, 2.05) is 13.8 Å². The predicted molar refractivity (Wildman–Crippen MR) is 51.0 cm³/mol. The van der Waals surface area contributed by atoms with Crippen LogP contribution in [0.5, 0.6) is 0 Å². The molecule has 1 fully saturated rings. The molecule has 1 rings (SSSR count). The molecule has 0 saturated heterocycles. The molecule has 0 atom stereocenters. The van der Waals surface area contributed by atoms with Crippen molar-refractivity contribution in [2.45, 2.75) is 46.0 Å². The molecule has 0 aromatic heterocycles. The number of hydrogen-bond acceptors (Lipinski definition) is 1. The Hall–Kier alpha value is -0.590. The molecule has 1 aliphatic rings. The van der Waals surface area contributed by atoms with Crippen LogP contribution in [0.4, 0.5) is 0 Å².